The first-order valence-electron chi connectivity index (χ1n) is 12.6. The fourth-order valence-corrected chi connectivity index (χ4v) is 6.08. The molecule has 0 spiro atoms. The average molecular weight is 546 g/mol. The molecule has 5 rings (SSSR count). The highest BCUT2D eigenvalue weighted by molar-refractivity contribution is 6.19. The first-order chi connectivity index (χ1) is 18.4. The van der Waals surface area contributed by atoms with Gasteiger partial charge in [-0.15, -0.1) is 0 Å². The number of methoxy groups -OCH3 is 1. The third kappa shape index (κ3) is 4.10. The number of carbonyl (C=O) groups excluding carboxylic acids is 3. The van der Waals surface area contributed by atoms with E-state index >= 15 is 0 Å². The summed E-state index contributed by atoms with van der Waals surface area (Å²) in [5.41, 5.74) is 3.60. The maximum absolute atomic E-state index is 13.7. The van der Waals surface area contributed by atoms with Gasteiger partial charge in [-0.3, -0.25) is 14.4 Å². The molecule has 1 heterocycles. The van der Waals surface area contributed by atoms with E-state index in [1.807, 2.05) is 0 Å². The topological polar surface area (TPSA) is 206 Å². The van der Waals surface area contributed by atoms with E-state index in [1.165, 1.54) is 25.3 Å². The van der Waals surface area contributed by atoms with Gasteiger partial charge in [-0.05, 0) is 6.07 Å². The van der Waals surface area contributed by atoms with Gasteiger partial charge in [0.1, 0.15) is 29.5 Å². The summed E-state index contributed by atoms with van der Waals surface area (Å²) < 4.78 is 16.9. The average Bonchev–Trinajstić information content (AvgIpc) is 2.92. The monoisotopic (exact) mass is 545 g/mol. The largest absolute Gasteiger partial charge is 0.511 e. The molecule has 0 bridgehead atoms. The zero-order valence-electron chi connectivity index (χ0n) is 21.4. The van der Waals surface area contributed by atoms with Crippen molar-refractivity contribution in [2.45, 2.75) is 49.9 Å². The summed E-state index contributed by atoms with van der Waals surface area (Å²) in [6.45, 7) is 0.792. The lowest BCUT2D eigenvalue weighted by Gasteiger charge is -2.46. The van der Waals surface area contributed by atoms with Gasteiger partial charge < -0.3 is 45.5 Å². The molecule has 1 saturated heterocycles. The third-order valence-electron chi connectivity index (χ3n) is 8.25. The maximum Gasteiger partial charge on any atom is 0.190 e. The maximum atomic E-state index is 13.7. The summed E-state index contributed by atoms with van der Waals surface area (Å²) in [7, 11) is 1.33. The number of aliphatic hydroxyl groups excluding tert-OH is 4. The van der Waals surface area contributed by atoms with E-state index in [0.717, 1.165) is 0 Å². The van der Waals surface area contributed by atoms with Crippen LogP contribution < -0.4 is 10.5 Å². The van der Waals surface area contributed by atoms with Crippen LogP contribution in [0.5, 0.6) is 5.75 Å². The van der Waals surface area contributed by atoms with Crippen molar-refractivity contribution in [3.63, 3.8) is 0 Å². The molecule has 0 unspecified atom stereocenters. The molecule has 12 nitrogen and oxygen atoms in total. The molecule has 0 amide bonds. The standard InChI is InChI=1S/C27H31NO11/c1-10-9-38-26(20(28)21(10)31)39-14-7-27(36,15(30)8-29)6-12-17(14)25(35)19-18(23(12)33)22(32)11-4-3-5-13(37-2)16(11)24(19)34/h3-5,10,14,18-21,26,29,31,33,35-36H,6-9,28H2,1-2H3/t10-,14-,18+,19+,20-,21-,26-,27-/m0/s1. The predicted octanol–water partition coefficient (Wildman–Crippen LogP) is 0.0965. The van der Waals surface area contributed by atoms with E-state index in [-0.39, 0.29) is 40.5 Å². The number of ether oxygens (including phenoxy) is 3. The summed E-state index contributed by atoms with van der Waals surface area (Å²) >= 11 is 0. The number of benzene rings is 1. The summed E-state index contributed by atoms with van der Waals surface area (Å²) in [4.78, 5) is 39.9. The second kappa shape index (κ2) is 9.81. The van der Waals surface area contributed by atoms with Gasteiger partial charge in [0.05, 0.1) is 49.4 Å². The molecule has 8 atom stereocenters. The molecule has 12 heteroatoms. The van der Waals surface area contributed by atoms with Crippen molar-refractivity contribution in [2.75, 3.05) is 20.3 Å². The van der Waals surface area contributed by atoms with E-state index in [4.69, 9.17) is 19.9 Å². The number of Topliss-reactive ketones (excluding diaryl/α,β-unsaturated/α-hetero) is 3. The minimum atomic E-state index is -2.24. The third-order valence-corrected chi connectivity index (χ3v) is 8.25. The fraction of sp³-hybridized carbons (Fsp3) is 0.519. The second-order valence-corrected chi connectivity index (χ2v) is 10.6. The number of fused-ring (bicyclic) bond motifs is 3. The van der Waals surface area contributed by atoms with Crippen LogP contribution in [0, 0.1) is 17.8 Å². The lowest BCUT2D eigenvalue weighted by atomic mass is 9.63. The molecule has 2 fully saturated rings. The lowest BCUT2D eigenvalue weighted by molar-refractivity contribution is -0.231. The second-order valence-electron chi connectivity index (χ2n) is 10.6. The Balaban J connectivity index is 1.64. The first kappa shape index (κ1) is 27.4. The molecule has 39 heavy (non-hydrogen) atoms. The first-order valence-corrected chi connectivity index (χ1v) is 12.6. The molecule has 7 N–H and O–H groups in total. The van der Waals surface area contributed by atoms with E-state index in [0.29, 0.717) is 0 Å². The summed E-state index contributed by atoms with van der Waals surface area (Å²) in [5, 5.41) is 54.1. The van der Waals surface area contributed by atoms with Crippen LogP contribution in [-0.4, -0.2) is 93.3 Å². The quantitative estimate of drug-likeness (QED) is 0.291. The van der Waals surface area contributed by atoms with Crippen molar-refractivity contribution in [3.05, 3.63) is 52.0 Å². The number of ketones is 3. The summed E-state index contributed by atoms with van der Waals surface area (Å²) in [6.07, 6.45) is -4.65. The van der Waals surface area contributed by atoms with Gasteiger partial charge in [-0.2, -0.15) is 0 Å². The molecule has 210 valence electrons. The number of allylic oxidation sites excluding steroid dienone is 2. The minimum Gasteiger partial charge on any atom is -0.511 e. The van der Waals surface area contributed by atoms with Crippen molar-refractivity contribution in [1.29, 1.82) is 0 Å². The highest BCUT2D eigenvalue weighted by Crippen LogP contribution is 2.51. The number of carbonyl (C=O) groups is 3. The highest BCUT2D eigenvalue weighted by Gasteiger charge is 2.56. The van der Waals surface area contributed by atoms with Gasteiger partial charge in [0.25, 0.3) is 0 Å². The smallest absolute Gasteiger partial charge is 0.190 e. The van der Waals surface area contributed by atoms with E-state index in [1.54, 1.807) is 6.92 Å². The zero-order chi connectivity index (χ0) is 28.4. The van der Waals surface area contributed by atoms with E-state index in [9.17, 15) is 39.9 Å². The van der Waals surface area contributed by atoms with Crippen LogP contribution in [0.4, 0.5) is 0 Å². The molecule has 0 aromatic heterocycles. The molecular weight excluding hydrogens is 514 g/mol. The number of aliphatic hydroxyl groups is 5. The molecule has 3 aliphatic carbocycles. The predicted molar refractivity (Wildman–Crippen MR) is 132 cm³/mol. The van der Waals surface area contributed by atoms with Crippen molar-refractivity contribution in [1.82, 2.24) is 0 Å². The van der Waals surface area contributed by atoms with Gasteiger partial charge in [0.15, 0.2) is 23.6 Å². The van der Waals surface area contributed by atoms with E-state index in [2.05, 4.69) is 0 Å². The Bertz CT molecular complexity index is 1300. The van der Waals surface area contributed by atoms with Crippen LogP contribution >= 0.6 is 0 Å². The molecule has 0 radical (unpaired) electrons. The Morgan fingerprint density at radius 2 is 1.87 bits per heavy atom. The van der Waals surface area contributed by atoms with Gasteiger partial charge in [-0.25, -0.2) is 0 Å². The minimum absolute atomic E-state index is 0.000933. The Kier molecular flexibility index (Phi) is 6.90. The lowest BCUT2D eigenvalue weighted by Crippen LogP contribution is -2.58. The van der Waals surface area contributed by atoms with Crippen molar-refractivity contribution < 1.29 is 54.1 Å². The van der Waals surface area contributed by atoms with Gasteiger partial charge in [0.2, 0.25) is 0 Å². The van der Waals surface area contributed by atoms with Gasteiger partial charge in [-0.1, -0.05) is 19.1 Å². The molecule has 1 aliphatic heterocycles. The van der Waals surface area contributed by atoms with Crippen LogP contribution in [0.1, 0.15) is 40.5 Å². The van der Waals surface area contributed by atoms with Crippen LogP contribution in [0.15, 0.2) is 40.9 Å². The Labute approximate surface area is 223 Å². The van der Waals surface area contributed by atoms with Gasteiger partial charge >= 0.3 is 0 Å². The normalized spacial score (nSPS) is 36.3. The van der Waals surface area contributed by atoms with Crippen LogP contribution in [0.2, 0.25) is 0 Å². The van der Waals surface area contributed by atoms with Crippen LogP contribution in [0.3, 0.4) is 0 Å². The van der Waals surface area contributed by atoms with Crippen LogP contribution in [-0.2, 0) is 14.3 Å². The Hall–Kier alpha value is -3.13. The summed E-state index contributed by atoms with van der Waals surface area (Å²) in [5.74, 6) is -6.66. The number of hydrogen-bond acceptors (Lipinski definition) is 12. The summed E-state index contributed by atoms with van der Waals surface area (Å²) in [6, 6.07) is 3.39. The molecule has 1 saturated carbocycles. The molecule has 1 aromatic rings. The number of nitrogens with two attached hydrogens (primary N) is 1. The van der Waals surface area contributed by atoms with Crippen molar-refractivity contribution >= 4 is 17.3 Å². The Morgan fingerprint density at radius 3 is 2.54 bits per heavy atom. The van der Waals surface area contributed by atoms with Crippen molar-refractivity contribution in [3.8, 4) is 5.75 Å². The zero-order valence-corrected chi connectivity index (χ0v) is 21.4. The highest BCUT2D eigenvalue weighted by atomic mass is 16.7. The molecule has 1 aromatic carbocycles. The van der Waals surface area contributed by atoms with Gasteiger partial charge in [0, 0.05) is 35.5 Å². The van der Waals surface area contributed by atoms with Crippen LogP contribution in [0.25, 0.3) is 0 Å². The molecule has 4 aliphatic rings. The Morgan fingerprint density at radius 1 is 1.18 bits per heavy atom. The molecular formula is C27H31NO11. The van der Waals surface area contributed by atoms with Crippen molar-refractivity contribution in [2.24, 2.45) is 23.5 Å². The number of hydrogen-bond donors (Lipinski definition) is 6. The van der Waals surface area contributed by atoms with E-state index < -0.39 is 90.3 Å². The fourth-order valence-electron chi connectivity index (χ4n) is 6.08. The SMILES string of the molecule is COc1cccc2c1C(=O)[C@@H]1C(O)=C3C(=C(O)[C@H]1C2=O)C[C@@](O)(C(=O)CO)C[C@@H]3O[C@@H]1OC[C@H](C)[C@H](O)[C@@H]1N. The number of rotatable bonds is 5.